The van der Waals surface area contributed by atoms with Crippen LogP contribution in [-0.2, 0) is 10.8 Å². The predicted octanol–water partition coefficient (Wildman–Crippen LogP) is 5.36. The van der Waals surface area contributed by atoms with Gasteiger partial charge < -0.3 is 10.2 Å². The molecule has 0 aromatic heterocycles. The number of hydrogen-bond acceptors (Lipinski definition) is 2. The zero-order valence-corrected chi connectivity index (χ0v) is 14.4. The van der Waals surface area contributed by atoms with Crippen LogP contribution in [0.15, 0.2) is 36.4 Å². The summed E-state index contributed by atoms with van der Waals surface area (Å²) in [5.74, 6) is 0.400. The van der Waals surface area contributed by atoms with Crippen LogP contribution in [-0.4, -0.2) is 10.2 Å². The molecule has 2 rings (SSSR count). The molecule has 2 nitrogen and oxygen atoms in total. The third-order valence-corrected chi connectivity index (χ3v) is 4.02. The number of phenolic OH excluding ortho intramolecular Hbond substituents is 2. The first kappa shape index (κ1) is 16.4. The molecule has 0 atom stereocenters. The minimum Gasteiger partial charge on any atom is -0.507 e. The number of benzene rings is 2. The van der Waals surface area contributed by atoms with Gasteiger partial charge in [0.2, 0.25) is 0 Å². The van der Waals surface area contributed by atoms with E-state index >= 15 is 0 Å². The molecule has 0 aliphatic carbocycles. The molecule has 0 saturated heterocycles. The third kappa shape index (κ3) is 3.27. The van der Waals surface area contributed by atoms with Gasteiger partial charge in [0.25, 0.3) is 0 Å². The first-order valence-electron chi connectivity index (χ1n) is 7.67. The number of hydrogen-bond donors (Lipinski definition) is 2. The van der Waals surface area contributed by atoms with Crippen molar-refractivity contribution in [3.8, 4) is 22.6 Å². The second-order valence-electron chi connectivity index (χ2n) is 7.96. The summed E-state index contributed by atoms with van der Waals surface area (Å²) in [6, 6.07) is 11.3. The van der Waals surface area contributed by atoms with Crippen LogP contribution in [0.2, 0.25) is 0 Å². The second-order valence-corrected chi connectivity index (χ2v) is 7.96. The summed E-state index contributed by atoms with van der Waals surface area (Å²) in [5, 5.41) is 20.7. The zero-order valence-electron chi connectivity index (χ0n) is 14.4. The molecule has 2 N–H and O–H groups in total. The maximum Gasteiger partial charge on any atom is 0.123 e. The maximum absolute atomic E-state index is 10.4. The Morgan fingerprint density at radius 3 is 1.14 bits per heavy atom. The largest absolute Gasteiger partial charge is 0.507 e. The van der Waals surface area contributed by atoms with Crippen molar-refractivity contribution in [1.82, 2.24) is 0 Å². The van der Waals surface area contributed by atoms with E-state index in [1.807, 2.05) is 24.3 Å². The fourth-order valence-corrected chi connectivity index (χ4v) is 2.45. The van der Waals surface area contributed by atoms with E-state index in [9.17, 15) is 10.2 Å². The molecule has 0 aliphatic heterocycles. The van der Waals surface area contributed by atoms with Gasteiger partial charge in [-0.05, 0) is 34.1 Å². The number of rotatable bonds is 1. The second kappa shape index (κ2) is 5.35. The highest BCUT2D eigenvalue weighted by Crippen LogP contribution is 2.39. The van der Waals surface area contributed by atoms with Gasteiger partial charge in [-0.2, -0.15) is 0 Å². The monoisotopic (exact) mass is 298 g/mol. The molecular formula is C20H26O2. The van der Waals surface area contributed by atoms with Crippen LogP contribution in [0.1, 0.15) is 52.7 Å². The van der Waals surface area contributed by atoms with Crippen molar-refractivity contribution in [2.45, 2.75) is 52.4 Å². The Labute approximate surface area is 133 Å². The van der Waals surface area contributed by atoms with E-state index in [1.165, 1.54) is 0 Å². The molecule has 0 spiro atoms. The van der Waals surface area contributed by atoms with E-state index in [4.69, 9.17) is 0 Å². The highest BCUT2D eigenvalue weighted by atomic mass is 16.3. The predicted molar refractivity (Wildman–Crippen MR) is 92.6 cm³/mol. The SMILES string of the molecule is CC(C)(C)c1ccc(-c2ccc(C(C)(C)C)cc2O)c(O)c1. The normalized spacial score (nSPS) is 12.5. The molecule has 2 heteroatoms. The molecule has 0 unspecified atom stereocenters. The maximum atomic E-state index is 10.4. The summed E-state index contributed by atoms with van der Waals surface area (Å²) in [7, 11) is 0. The van der Waals surface area contributed by atoms with Crippen LogP contribution in [0.5, 0.6) is 11.5 Å². The molecular weight excluding hydrogens is 272 g/mol. The third-order valence-electron chi connectivity index (χ3n) is 4.02. The van der Waals surface area contributed by atoms with Gasteiger partial charge in [-0.3, -0.25) is 0 Å². The smallest absolute Gasteiger partial charge is 0.123 e. The summed E-state index contributed by atoms with van der Waals surface area (Å²) in [6.07, 6.45) is 0. The standard InChI is InChI=1S/C20H26O2/c1-19(2,3)13-7-9-15(17(21)11-13)16-10-8-14(12-18(16)22)20(4,5)6/h7-12,21-22H,1-6H3. The summed E-state index contributed by atoms with van der Waals surface area (Å²) in [6.45, 7) is 12.6. The van der Waals surface area contributed by atoms with E-state index < -0.39 is 0 Å². The Hall–Kier alpha value is -1.96. The first-order valence-corrected chi connectivity index (χ1v) is 7.67. The van der Waals surface area contributed by atoms with E-state index in [1.54, 1.807) is 12.1 Å². The molecule has 118 valence electrons. The summed E-state index contributed by atoms with van der Waals surface area (Å²) in [5.41, 5.74) is 3.42. The Morgan fingerprint density at radius 1 is 0.591 bits per heavy atom. The lowest BCUT2D eigenvalue weighted by atomic mass is 9.84. The van der Waals surface area contributed by atoms with Gasteiger partial charge in [-0.15, -0.1) is 0 Å². The molecule has 0 aliphatic rings. The molecule has 0 heterocycles. The molecule has 22 heavy (non-hydrogen) atoms. The van der Waals surface area contributed by atoms with Crippen LogP contribution >= 0.6 is 0 Å². The summed E-state index contributed by atoms with van der Waals surface area (Å²) >= 11 is 0. The Bertz CT molecular complexity index is 624. The van der Waals surface area contributed by atoms with Gasteiger partial charge >= 0.3 is 0 Å². The molecule has 0 amide bonds. The van der Waals surface area contributed by atoms with Crippen molar-refractivity contribution < 1.29 is 10.2 Å². The molecule has 0 radical (unpaired) electrons. The topological polar surface area (TPSA) is 40.5 Å². The minimum absolute atomic E-state index is 0.0197. The molecule has 0 bridgehead atoms. The molecule has 0 saturated carbocycles. The average molecular weight is 298 g/mol. The van der Waals surface area contributed by atoms with E-state index in [0.29, 0.717) is 11.1 Å². The Balaban J connectivity index is 2.49. The van der Waals surface area contributed by atoms with Crippen molar-refractivity contribution in [2.24, 2.45) is 0 Å². The van der Waals surface area contributed by atoms with Crippen LogP contribution in [0.4, 0.5) is 0 Å². The lowest BCUT2D eigenvalue weighted by Gasteiger charge is -2.21. The quantitative estimate of drug-likeness (QED) is 0.744. The summed E-state index contributed by atoms with van der Waals surface area (Å²) < 4.78 is 0. The van der Waals surface area contributed by atoms with Crippen molar-refractivity contribution >= 4 is 0 Å². The average Bonchev–Trinajstić information content (AvgIpc) is 2.37. The van der Waals surface area contributed by atoms with Crippen LogP contribution in [0, 0.1) is 0 Å². The lowest BCUT2D eigenvalue weighted by Crippen LogP contribution is -2.11. The fourth-order valence-electron chi connectivity index (χ4n) is 2.45. The van der Waals surface area contributed by atoms with Gasteiger partial charge in [0.15, 0.2) is 0 Å². The lowest BCUT2D eigenvalue weighted by molar-refractivity contribution is 0.465. The van der Waals surface area contributed by atoms with Gasteiger partial charge in [0.05, 0.1) is 0 Å². The minimum atomic E-state index is -0.0197. The van der Waals surface area contributed by atoms with E-state index in [-0.39, 0.29) is 22.3 Å². The fraction of sp³-hybridized carbons (Fsp3) is 0.400. The van der Waals surface area contributed by atoms with Crippen LogP contribution in [0.25, 0.3) is 11.1 Å². The number of phenols is 2. The molecule has 2 aromatic rings. The number of aromatic hydroxyl groups is 2. The van der Waals surface area contributed by atoms with Crippen LogP contribution in [0.3, 0.4) is 0 Å². The Morgan fingerprint density at radius 2 is 0.909 bits per heavy atom. The van der Waals surface area contributed by atoms with Crippen molar-refractivity contribution in [3.63, 3.8) is 0 Å². The summed E-state index contributed by atoms with van der Waals surface area (Å²) in [4.78, 5) is 0. The zero-order chi connectivity index (χ0) is 16.7. The van der Waals surface area contributed by atoms with Gasteiger partial charge in [-0.1, -0.05) is 65.8 Å². The van der Waals surface area contributed by atoms with Gasteiger partial charge in [-0.25, -0.2) is 0 Å². The first-order chi connectivity index (χ1) is 10.00. The van der Waals surface area contributed by atoms with Crippen molar-refractivity contribution in [2.75, 3.05) is 0 Å². The Kier molecular flexibility index (Phi) is 3.99. The molecule has 2 aromatic carbocycles. The highest BCUT2D eigenvalue weighted by molar-refractivity contribution is 5.76. The highest BCUT2D eigenvalue weighted by Gasteiger charge is 2.19. The van der Waals surface area contributed by atoms with Gasteiger partial charge in [0, 0.05) is 11.1 Å². The molecule has 0 fully saturated rings. The van der Waals surface area contributed by atoms with E-state index in [0.717, 1.165) is 11.1 Å². The van der Waals surface area contributed by atoms with Crippen LogP contribution < -0.4 is 0 Å². The van der Waals surface area contributed by atoms with E-state index in [2.05, 4.69) is 41.5 Å². The van der Waals surface area contributed by atoms with Crippen molar-refractivity contribution in [1.29, 1.82) is 0 Å². The van der Waals surface area contributed by atoms with Gasteiger partial charge in [0.1, 0.15) is 11.5 Å². The van der Waals surface area contributed by atoms with Crippen molar-refractivity contribution in [3.05, 3.63) is 47.5 Å².